The van der Waals surface area contributed by atoms with Gasteiger partial charge in [0.15, 0.2) is 6.29 Å². The second kappa shape index (κ2) is 17.6. The van der Waals surface area contributed by atoms with Gasteiger partial charge in [0.05, 0.1) is 25.3 Å². The molecule has 292 valence electrons. The van der Waals surface area contributed by atoms with E-state index in [1.54, 1.807) is 7.11 Å². The molecule has 8 unspecified atom stereocenters. The summed E-state index contributed by atoms with van der Waals surface area (Å²) in [5, 5.41) is 15.1. The van der Waals surface area contributed by atoms with Crippen LogP contribution in [0, 0.1) is 5.92 Å². The topological polar surface area (TPSA) is 98.7 Å². The standard InChI is InChI=1S/C45H54N2O7S/c1-6-16-30-27-36(47(3)28-30)42(49)46-37(39-41-40(38(48)44(53-39)55-5)51-43(52-41)31-23-25-35(50-4)26-24-31)29(2)54-45(32-17-10-7-11-18-32,33-19-12-8-13-20-33)34-21-14-9-15-22-34/h7-15,17-26,29-30,36-41,43-44,48H,6,16,27-28H2,1-5H3,(H,46,49)/t29?,30-,36+,37?,38?,39?,40?,41?,43?,44?/m1/s1. The van der Waals surface area contributed by atoms with Crippen LogP contribution in [-0.2, 0) is 29.3 Å². The molecule has 3 aliphatic heterocycles. The summed E-state index contributed by atoms with van der Waals surface area (Å²) in [6.45, 7) is 5.06. The molecule has 4 aromatic rings. The number of amides is 1. The van der Waals surface area contributed by atoms with Crippen LogP contribution in [0.2, 0.25) is 0 Å². The molecule has 3 saturated heterocycles. The molecule has 0 radical (unpaired) electrons. The third kappa shape index (κ3) is 8.09. The minimum absolute atomic E-state index is 0.0797. The van der Waals surface area contributed by atoms with Crippen molar-refractivity contribution < 1.29 is 33.6 Å². The number of ether oxygens (including phenoxy) is 5. The number of carbonyl (C=O) groups is 1. The normalized spacial score (nSPS) is 28.0. The van der Waals surface area contributed by atoms with Crippen molar-refractivity contribution in [3.8, 4) is 5.75 Å². The third-order valence-electron chi connectivity index (χ3n) is 11.4. The average Bonchev–Trinajstić information content (AvgIpc) is 3.85. The zero-order valence-electron chi connectivity index (χ0n) is 32.3. The fraction of sp³-hybridized carbons (Fsp3) is 0.444. The highest BCUT2D eigenvalue weighted by Gasteiger charge is 2.56. The summed E-state index contributed by atoms with van der Waals surface area (Å²) < 4.78 is 33.0. The number of carbonyl (C=O) groups excluding carboxylic acids is 1. The van der Waals surface area contributed by atoms with Crippen molar-refractivity contribution in [1.29, 1.82) is 0 Å². The van der Waals surface area contributed by atoms with E-state index in [0.717, 1.165) is 48.1 Å². The average molecular weight is 767 g/mol. The Labute approximate surface area is 329 Å². The number of fused-ring (bicyclic) bond motifs is 1. The molecular formula is C45H54N2O7S. The van der Waals surface area contributed by atoms with E-state index in [9.17, 15) is 9.90 Å². The first-order valence-corrected chi connectivity index (χ1v) is 20.7. The number of methoxy groups -OCH3 is 1. The summed E-state index contributed by atoms with van der Waals surface area (Å²) in [5.74, 6) is 1.08. The lowest BCUT2D eigenvalue weighted by Gasteiger charge is -2.46. The molecule has 0 aliphatic carbocycles. The number of likely N-dealkylation sites (tertiary alicyclic amines) is 1. The van der Waals surface area contributed by atoms with Crippen molar-refractivity contribution in [2.45, 2.75) is 93.0 Å². The van der Waals surface area contributed by atoms with Crippen LogP contribution in [0.3, 0.4) is 0 Å². The Morgan fingerprint density at radius 2 is 1.45 bits per heavy atom. The van der Waals surface area contributed by atoms with Gasteiger partial charge in [0.2, 0.25) is 5.91 Å². The molecular weight excluding hydrogens is 713 g/mol. The van der Waals surface area contributed by atoms with Gasteiger partial charge in [-0.1, -0.05) is 116 Å². The summed E-state index contributed by atoms with van der Waals surface area (Å²) in [7, 11) is 3.65. The van der Waals surface area contributed by atoms with Crippen molar-refractivity contribution in [2.75, 3.05) is 27.0 Å². The second-order valence-electron chi connectivity index (χ2n) is 15.0. The van der Waals surface area contributed by atoms with E-state index in [0.29, 0.717) is 11.7 Å². The summed E-state index contributed by atoms with van der Waals surface area (Å²) in [6, 6.07) is 37.2. The van der Waals surface area contributed by atoms with Crippen molar-refractivity contribution in [1.82, 2.24) is 10.2 Å². The number of rotatable bonds is 14. The molecule has 10 heteroatoms. The molecule has 9 nitrogen and oxygen atoms in total. The van der Waals surface area contributed by atoms with Crippen LogP contribution in [0.1, 0.15) is 61.7 Å². The molecule has 55 heavy (non-hydrogen) atoms. The molecule has 0 spiro atoms. The Morgan fingerprint density at radius 1 is 0.891 bits per heavy atom. The number of benzene rings is 4. The SMILES string of the molecule is CCC[C@@H]1C[C@@H](C(=O)NC(C(C)OC(c2ccccc2)(c2ccccc2)c2ccccc2)C2OC(SC)C(O)C3OC(c4ccc(OC)cc4)OC32)N(C)C1. The van der Waals surface area contributed by atoms with E-state index >= 15 is 0 Å². The molecule has 0 bridgehead atoms. The van der Waals surface area contributed by atoms with E-state index in [-0.39, 0.29) is 11.9 Å². The maximum Gasteiger partial charge on any atom is 0.237 e. The van der Waals surface area contributed by atoms with Crippen molar-refractivity contribution in [2.24, 2.45) is 5.92 Å². The lowest BCUT2D eigenvalue weighted by molar-refractivity contribution is -0.185. The first kappa shape index (κ1) is 39.5. The maximum absolute atomic E-state index is 14.6. The van der Waals surface area contributed by atoms with Gasteiger partial charge in [0.25, 0.3) is 0 Å². The molecule has 3 heterocycles. The van der Waals surface area contributed by atoms with E-state index in [1.807, 2.05) is 99.1 Å². The number of nitrogens with one attached hydrogen (secondary N) is 1. The van der Waals surface area contributed by atoms with Crippen LogP contribution in [0.15, 0.2) is 115 Å². The number of hydrogen-bond donors (Lipinski definition) is 2. The van der Waals surface area contributed by atoms with Crippen LogP contribution >= 0.6 is 11.8 Å². The largest absolute Gasteiger partial charge is 0.497 e. The molecule has 0 aromatic heterocycles. The van der Waals surface area contributed by atoms with Gasteiger partial charge in [-0.25, -0.2) is 0 Å². The molecule has 7 rings (SSSR count). The Bertz CT molecular complexity index is 1720. The minimum Gasteiger partial charge on any atom is -0.497 e. The quantitative estimate of drug-likeness (QED) is 0.133. The molecule has 3 aliphatic rings. The first-order valence-electron chi connectivity index (χ1n) is 19.4. The van der Waals surface area contributed by atoms with Gasteiger partial charge >= 0.3 is 0 Å². The number of likely N-dealkylation sites (N-methyl/N-ethyl adjacent to an activating group) is 1. The zero-order chi connectivity index (χ0) is 38.5. The van der Waals surface area contributed by atoms with Gasteiger partial charge in [-0.3, -0.25) is 9.69 Å². The van der Waals surface area contributed by atoms with E-state index < -0.39 is 53.9 Å². The Hall–Kier alpha value is -3.74. The molecule has 4 aromatic carbocycles. The third-order valence-corrected chi connectivity index (χ3v) is 12.3. The van der Waals surface area contributed by atoms with Gasteiger partial charge in [-0.2, -0.15) is 0 Å². The van der Waals surface area contributed by atoms with Crippen LogP contribution in [0.4, 0.5) is 0 Å². The van der Waals surface area contributed by atoms with Gasteiger partial charge in [0, 0.05) is 12.1 Å². The monoisotopic (exact) mass is 766 g/mol. The highest BCUT2D eigenvalue weighted by molar-refractivity contribution is 7.99. The Kier molecular flexibility index (Phi) is 12.6. The van der Waals surface area contributed by atoms with Gasteiger partial charge in [-0.15, -0.1) is 11.8 Å². The predicted molar refractivity (Wildman–Crippen MR) is 215 cm³/mol. The molecule has 3 fully saturated rings. The smallest absolute Gasteiger partial charge is 0.237 e. The van der Waals surface area contributed by atoms with Crippen molar-refractivity contribution in [3.05, 3.63) is 138 Å². The zero-order valence-corrected chi connectivity index (χ0v) is 33.1. The number of aliphatic hydroxyl groups is 1. The van der Waals surface area contributed by atoms with Gasteiger partial charge < -0.3 is 34.1 Å². The Balaban J connectivity index is 1.31. The van der Waals surface area contributed by atoms with E-state index in [2.05, 4.69) is 53.5 Å². The first-order chi connectivity index (χ1) is 26.8. The summed E-state index contributed by atoms with van der Waals surface area (Å²) in [6.07, 6.45) is 0.265. The van der Waals surface area contributed by atoms with Gasteiger partial charge in [-0.05, 0) is 67.8 Å². The van der Waals surface area contributed by atoms with Crippen LogP contribution < -0.4 is 10.1 Å². The van der Waals surface area contributed by atoms with E-state index in [1.165, 1.54) is 11.8 Å². The van der Waals surface area contributed by atoms with Crippen LogP contribution in [0.25, 0.3) is 0 Å². The van der Waals surface area contributed by atoms with Gasteiger partial charge in [0.1, 0.15) is 41.2 Å². The fourth-order valence-electron chi connectivity index (χ4n) is 8.71. The highest BCUT2D eigenvalue weighted by Crippen LogP contribution is 2.45. The lowest BCUT2D eigenvalue weighted by atomic mass is 9.79. The molecule has 1 amide bonds. The summed E-state index contributed by atoms with van der Waals surface area (Å²) >= 11 is 1.41. The molecule has 0 saturated carbocycles. The minimum atomic E-state index is -1.06. The van der Waals surface area contributed by atoms with Crippen LogP contribution in [0.5, 0.6) is 5.75 Å². The number of thioether (sulfide) groups is 1. The summed E-state index contributed by atoms with van der Waals surface area (Å²) in [5.41, 5.74) is 1.93. The molecule has 2 N–H and O–H groups in total. The number of nitrogens with zero attached hydrogens (tertiary/aromatic N) is 1. The molecule has 10 atom stereocenters. The van der Waals surface area contributed by atoms with Crippen molar-refractivity contribution >= 4 is 17.7 Å². The van der Waals surface area contributed by atoms with Crippen molar-refractivity contribution in [3.63, 3.8) is 0 Å². The summed E-state index contributed by atoms with van der Waals surface area (Å²) in [4.78, 5) is 16.8. The second-order valence-corrected chi connectivity index (χ2v) is 15.9. The number of aliphatic hydroxyl groups excluding tert-OH is 1. The van der Waals surface area contributed by atoms with E-state index in [4.69, 9.17) is 23.7 Å². The fourth-order valence-corrected chi connectivity index (χ4v) is 9.39. The number of hydrogen-bond acceptors (Lipinski definition) is 9. The predicted octanol–water partition coefficient (Wildman–Crippen LogP) is 6.93. The Morgan fingerprint density at radius 3 is 1.98 bits per heavy atom. The van der Waals surface area contributed by atoms with Crippen LogP contribution in [-0.4, -0.2) is 90.9 Å². The highest BCUT2D eigenvalue weighted by atomic mass is 32.2. The lowest BCUT2D eigenvalue weighted by Crippen LogP contribution is -2.65. The maximum atomic E-state index is 14.6.